The summed E-state index contributed by atoms with van der Waals surface area (Å²) in [6, 6.07) is 11.9. The van der Waals surface area contributed by atoms with Gasteiger partial charge in [-0.2, -0.15) is 0 Å². The third-order valence-electron chi connectivity index (χ3n) is 6.58. The van der Waals surface area contributed by atoms with E-state index < -0.39 is 5.97 Å². The van der Waals surface area contributed by atoms with Crippen molar-refractivity contribution >= 4 is 5.97 Å². The Morgan fingerprint density at radius 2 is 1.15 bits per heavy atom. The predicted molar refractivity (Wildman–Crippen MR) is 140 cm³/mol. The summed E-state index contributed by atoms with van der Waals surface area (Å²) in [6.07, 6.45) is 25.0. The molecule has 1 N–H and O–H groups in total. The minimum Gasteiger partial charge on any atom is -0.478 e. The molecule has 0 bridgehead atoms. The van der Waals surface area contributed by atoms with E-state index in [2.05, 4.69) is 36.2 Å². The molecule has 1 heterocycles. The monoisotopic (exact) mass is 451 g/mol. The highest BCUT2D eigenvalue weighted by Crippen LogP contribution is 2.19. The zero-order valence-corrected chi connectivity index (χ0v) is 20.9. The van der Waals surface area contributed by atoms with Crippen molar-refractivity contribution in [2.75, 3.05) is 0 Å². The van der Waals surface area contributed by atoms with Crippen molar-refractivity contribution in [3.63, 3.8) is 0 Å². The maximum Gasteiger partial charge on any atom is 0.337 e. The van der Waals surface area contributed by atoms with Crippen LogP contribution < -0.4 is 0 Å². The van der Waals surface area contributed by atoms with Crippen molar-refractivity contribution in [1.29, 1.82) is 0 Å². The van der Waals surface area contributed by atoms with Crippen molar-refractivity contribution in [3.05, 3.63) is 53.7 Å². The second kappa shape index (κ2) is 17.3. The van der Waals surface area contributed by atoms with Crippen LogP contribution in [0.5, 0.6) is 0 Å². The number of rotatable bonds is 19. The van der Waals surface area contributed by atoms with Crippen LogP contribution in [0, 0.1) is 0 Å². The number of aromatic nitrogens is 1. The van der Waals surface area contributed by atoms with E-state index >= 15 is 0 Å². The topological polar surface area (TPSA) is 50.2 Å². The number of aromatic carboxylic acids is 1. The zero-order valence-electron chi connectivity index (χ0n) is 20.9. The van der Waals surface area contributed by atoms with E-state index in [0.29, 0.717) is 0 Å². The van der Waals surface area contributed by atoms with Gasteiger partial charge in [0.05, 0.1) is 11.3 Å². The average Bonchev–Trinajstić information content (AvgIpc) is 2.84. The smallest absolute Gasteiger partial charge is 0.337 e. The molecular weight excluding hydrogens is 406 g/mol. The second-order valence-corrected chi connectivity index (χ2v) is 9.49. The normalized spacial score (nSPS) is 11.1. The number of carbonyl (C=O) groups is 1. The Kier molecular flexibility index (Phi) is 14.2. The summed E-state index contributed by atoms with van der Waals surface area (Å²) in [6.45, 7) is 2.29. The molecule has 0 radical (unpaired) electrons. The maximum absolute atomic E-state index is 10.9. The summed E-state index contributed by atoms with van der Waals surface area (Å²) in [4.78, 5) is 15.2. The summed E-state index contributed by atoms with van der Waals surface area (Å²) in [5, 5.41) is 8.98. The Balaban J connectivity index is 1.44. The Morgan fingerprint density at radius 3 is 1.58 bits per heavy atom. The van der Waals surface area contributed by atoms with E-state index in [4.69, 9.17) is 5.11 Å². The fourth-order valence-electron chi connectivity index (χ4n) is 4.41. The molecule has 0 fully saturated rings. The van der Waals surface area contributed by atoms with E-state index in [-0.39, 0.29) is 5.56 Å². The SMILES string of the molecule is CCCCCCCCCCCCCCCCCCc1ccc(-c2ccc(C(=O)O)cn2)cc1. The molecule has 0 aliphatic rings. The minimum atomic E-state index is -0.941. The number of aryl methyl sites for hydroxylation is 1. The Hall–Kier alpha value is -2.16. The molecule has 2 rings (SSSR count). The Morgan fingerprint density at radius 1 is 0.667 bits per heavy atom. The third-order valence-corrected chi connectivity index (χ3v) is 6.58. The van der Waals surface area contributed by atoms with Crippen molar-refractivity contribution in [3.8, 4) is 11.3 Å². The quantitative estimate of drug-likeness (QED) is 0.216. The van der Waals surface area contributed by atoms with Crippen LogP contribution in [0.15, 0.2) is 42.6 Å². The second-order valence-electron chi connectivity index (χ2n) is 9.49. The summed E-state index contributed by atoms with van der Waals surface area (Å²) in [5.74, 6) is -0.941. The molecule has 0 aliphatic carbocycles. The van der Waals surface area contributed by atoms with Crippen LogP contribution in [-0.2, 0) is 6.42 Å². The van der Waals surface area contributed by atoms with E-state index in [1.165, 1.54) is 114 Å². The van der Waals surface area contributed by atoms with Crippen molar-refractivity contribution in [1.82, 2.24) is 4.98 Å². The lowest BCUT2D eigenvalue weighted by Crippen LogP contribution is -1.97. The first-order valence-electron chi connectivity index (χ1n) is 13.5. The molecule has 3 nitrogen and oxygen atoms in total. The van der Waals surface area contributed by atoms with Gasteiger partial charge in [0.25, 0.3) is 0 Å². The first kappa shape index (κ1) is 27.1. The van der Waals surface area contributed by atoms with Crippen LogP contribution in [0.1, 0.15) is 126 Å². The van der Waals surface area contributed by atoms with Gasteiger partial charge in [-0.3, -0.25) is 4.98 Å². The number of unbranched alkanes of at least 4 members (excludes halogenated alkanes) is 15. The average molecular weight is 452 g/mol. The molecule has 33 heavy (non-hydrogen) atoms. The number of carboxylic acids is 1. The van der Waals surface area contributed by atoms with Crippen LogP contribution in [0.3, 0.4) is 0 Å². The number of nitrogens with zero attached hydrogens (tertiary/aromatic N) is 1. The molecular formula is C30H45NO2. The molecule has 2 aromatic rings. The fourth-order valence-corrected chi connectivity index (χ4v) is 4.41. The molecule has 0 amide bonds. The number of hydrogen-bond donors (Lipinski definition) is 1. The van der Waals surface area contributed by atoms with E-state index in [9.17, 15) is 4.79 Å². The summed E-state index contributed by atoms with van der Waals surface area (Å²) < 4.78 is 0. The van der Waals surface area contributed by atoms with Gasteiger partial charge < -0.3 is 5.11 Å². The van der Waals surface area contributed by atoms with Crippen LogP contribution in [0.4, 0.5) is 0 Å². The number of benzene rings is 1. The van der Waals surface area contributed by atoms with Gasteiger partial charge in [0.15, 0.2) is 0 Å². The van der Waals surface area contributed by atoms with Crippen LogP contribution in [-0.4, -0.2) is 16.1 Å². The molecule has 3 heteroatoms. The summed E-state index contributed by atoms with van der Waals surface area (Å²) >= 11 is 0. The molecule has 0 atom stereocenters. The van der Waals surface area contributed by atoms with Gasteiger partial charge in [0, 0.05) is 11.8 Å². The highest BCUT2D eigenvalue weighted by atomic mass is 16.4. The predicted octanol–water partition coefficient (Wildman–Crippen LogP) is 9.25. The largest absolute Gasteiger partial charge is 0.478 e. The van der Waals surface area contributed by atoms with Gasteiger partial charge in [0.1, 0.15) is 0 Å². The van der Waals surface area contributed by atoms with Crippen molar-refractivity contribution in [2.24, 2.45) is 0 Å². The molecule has 182 valence electrons. The Bertz CT molecular complexity index is 752. The standard InChI is InChI=1S/C30H45NO2/c1-2-3-4-5-6-7-8-9-10-11-12-13-14-15-16-17-18-26-19-21-27(22-20-26)29-24-23-28(25-31-29)30(32)33/h19-25H,2-18H2,1H3,(H,32,33). The van der Waals surface area contributed by atoms with Crippen LogP contribution in [0.25, 0.3) is 11.3 Å². The minimum absolute atomic E-state index is 0.221. The van der Waals surface area contributed by atoms with Gasteiger partial charge in [-0.1, -0.05) is 128 Å². The molecule has 0 unspecified atom stereocenters. The first-order chi connectivity index (χ1) is 16.2. The summed E-state index contributed by atoms with van der Waals surface area (Å²) in [7, 11) is 0. The lowest BCUT2D eigenvalue weighted by atomic mass is 10.0. The van der Waals surface area contributed by atoms with Crippen molar-refractivity contribution in [2.45, 2.75) is 116 Å². The van der Waals surface area contributed by atoms with Crippen LogP contribution in [0.2, 0.25) is 0 Å². The molecule has 0 saturated heterocycles. The number of carboxylic acid groups (broad SMARTS) is 1. The number of hydrogen-bond acceptors (Lipinski definition) is 2. The van der Waals surface area contributed by atoms with Gasteiger partial charge in [-0.25, -0.2) is 4.79 Å². The molecule has 0 saturated carbocycles. The lowest BCUT2D eigenvalue weighted by Gasteiger charge is -2.05. The molecule has 0 spiro atoms. The van der Waals surface area contributed by atoms with E-state index in [0.717, 1.165) is 17.7 Å². The van der Waals surface area contributed by atoms with Crippen LogP contribution >= 0.6 is 0 Å². The number of pyridine rings is 1. The molecule has 1 aromatic carbocycles. The van der Waals surface area contributed by atoms with Gasteiger partial charge >= 0.3 is 5.97 Å². The summed E-state index contributed by atoms with van der Waals surface area (Å²) in [5.41, 5.74) is 3.43. The third kappa shape index (κ3) is 12.0. The van der Waals surface area contributed by atoms with Crippen molar-refractivity contribution < 1.29 is 9.90 Å². The van der Waals surface area contributed by atoms with Gasteiger partial charge in [-0.05, 0) is 30.5 Å². The van der Waals surface area contributed by atoms with Gasteiger partial charge in [0.2, 0.25) is 0 Å². The highest BCUT2D eigenvalue weighted by molar-refractivity contribution is 5.87. The fraction of sp³-hybridized carbons (Fsp3) is 0.600. The first-order valence-corrected chi connectivity index (χ1v) is 13.5. The van der Waals surface area contributed by atoms with E-state index in [1.807, 2.05) is 0 Å². The van der Waals surface area contributed by atoms with E-state index in [1.54, 1.807) is 12.1 Å². The Labute approximate surface area is 202 Å². The van der Waals surface area contributed by atoms with Gasteiger partial charge in [-0.15, -0.1) is 0 Å². The molecule has 1 aromatic heterocycles. The lowest BCUT2D eigenvalue weighted by molar-refractivity contribution is 0.0696. The molecule has 0 aliphatic heterocycles. The highest BCUT2D eigenvalue weighted by Gasteiger charge is 2.05. The zero-order chi connectivity index (χ0) is 23.6. The maximum atomic E-state index is 10.9.